The Morgan fingerprint density at radius 1 is 1.27 bits per heavy atom. The number of hydrogen-bond donors (Lipinski definition) is 1. The second kappa shape index (κ2) is 9.01. The number of amides is 1. The second-order valence-electron chi connectivity index (χ2n) is 5.36. The van der Waals surface area contributed by atoms with Crippen LogP contribution >= 0.6 is 11.6 Å². The van der Waals surface area contributed by atoms with Crippen molar-refractivity contribution in [3.05, 3.63) is 23.2 Å². The molecule has 1 amide bonds. The van der Waals surface area contributed by atoms with Gasteiger partial charge in [-0.3, -0.25) is 4.79 Å². The molecule has 0 aliphatic heterocycles. The minimum absolute atomic E-state index is 0.150. The van der Waals surface area contributed by atoms with Gasteiger partial charge in [-0.25, -0.2) is 0 Å². The lowest BCUT2D eigenvalue weighted by Crippen LogP contribution is -2.43. The number of carbonyl (C=O) groups excluding carboxylic acids is 1. The lowest BCUT2D eigenvalue weighted by atomic mass is 9.99. The van der Waals surface area contributed by atoms with E-state index in [4.69, 9.17) is 21.1 Å². The molecule has 1 atom stereocenters. The molecule has 5 heteroatoms. The van der Waals surface area contributed by atoms with Crippen LogP contribution in [0.4, 0.5) is 5.69 Å². The Morgan fingerprint density at radius 2 is 2.00 bits per heavy atom. The summed E-state index contributed by atoms with van der Waals surface area (Å²) in [6.45, 7) is 8.90. The summed E-state index contributed by atoms with van der Waals surface area (Å²) in [5.41, 5.74) is -0.184. The molecule has 0 spiro atoms. The summed E-state index contributed by atoms with van der Waals surface area (Å²) < 4.78 is 11.2. The van der Waals surface area contributed by atoms with Crippen molar-refractivity contribution in [3.63, 3.8) is 0 Å². The first kappa shape index (κ1) is 18.8. The number of halogens is 1. The molecule has 1 N–H and O–H groups in total. The molecule has 0 aliphatic carbocycles. The van der Waals surface area contributed by atoms with Crippen molar-refractivity contribution >= 4 is 23.2 Å². The van der Waals surface area contributed by atoms with Crippen LogP contribution in [0.25, 0.3) is 0 Å². The minimum Gasteiger partial charge on any atom is -0.492 e. The molecule has 4 nitrogen and oxygen atoms in total. The highest BCUT2D eigenvalue weighted by Crippen LogP contribution is 2.29. The van der Waals surface area contributed by atoms with Crippen LogP contribution in [0.3, 0.4) is 0 Å². The standard InChI is InChI=1S/C17H26ClNO3/c1-5-10-17(4,22-11-6-2)16(20)19-13-8-9-15(21-7-3)14(18)12-13/h8-9,12H,5-7,10-11H2,1-4H3,(H,19,20)/t17-/m1/s1. The zero-order valence-electron chi connectivity index (χ0n) is 13.9. The minimum atomic E-state index is -0.824. The van der Waals surface area contributed by atoms with Crippen molar-refractivity contribution in [2.45, 2.75) is 52.6 Å². The predicted molar refractivity (Wildman–Crippen MR) is 90.8 cm³/mol. The summed E-state index contributed by atoms with van der Waals surface area (Å²) in [5.74, 6) is 0.462. The maximum absolute atomic E-state index is 12.5. The van der Waals surface area contributed by atoms with Gasteiger partial charge in [-0.05, 0) is 44.9 Å². The summed E-state index contributed by atoms with van der Waals surface area (Å²) in [7, 11) is 0. The van der Waals surface area contributed by atoms with Gasteiger partial charge in [-0.1, -0.05) is 31.9 Å². The molecule has 124 valence electrons. The molecule has 0 saturated heterocycles. The number of anilines is 1. The molecule has 0 aromatic heterocycles. The van der Waals surface area contributed by atoms with Crippen molar-refractivity contribution in [2.75, 3.05) is 18.5 Å². The van der Waals surface area contributed by atoms with Gasteiger partial charge in [0.2, 0.25) is 0 Å². The third kappa shape index (κ3) is 5.18. The van der Waals surface area contributed by atoms with E-state index in [-0.39, 0.29) is 5.91 Å². The summed E-state index contributed by atoms with van der Waals surface area (Å²) in [5, 5.41) is 3.36. The smallest absolute Gasteiger partial charge is 0.256 e. The highest BCUT2D eigenvalue weighted by Gasteiger charge is 2.33. The van der Waals surface area contributed by atoms with Crippen LogP contribution in [0.2, 0.25) is 5.02 Å². The van der Waals surface area contributed by atoms with Crippen LogP contribution in [-0.2, 0) is 9.53 Å². The number of carbonyl (C=O) groups is 1. The first-order valence-electron chi connectivity index (χ1n) is 7.84. The molecule has 1 rings (SSSR count). The van der Waals surface area contributed by atoms with Gasteiger partial charge in [-0.15, -0.1) is 0 Å². The van der Waals surface area contributed by atoms with Gasteiger partial charge in [0.25, 0.3) is 5.91 Å². The van der Waals surface area contributed by atoms with Gasteiger partial charge in [0, 0.05) is 12.3 Å². The van der Waals surface area contributed by atoms with E-state index in [1.165, 1.54) is 0 Å². The molecule has 1 aromatic carbocycles. The molecule has 1 aromatic rings. The van der Waals surface area contributed by atoms with E-state index in [2.05, 4.69) is 5.32 Å². The lowest BCUT2D eigenvalue weighted by Gasteiger charge is -2.28. The molecule has 0 saturated carbocycles. The monoisotopic (exact) mass is 327 g/mol. The van der Waals surface area contributed by atoms with E-state index in [1.54, 1.807) is 18.2 Å². The topological polar surface area (TPSA) is 47.6 Å². The maximum Gasteiger partial charge on any atom is 0.256 e. The highest BCUT2D eigenvalue weighted by molar-refractivity contribution is 6.32. The van der Waals surface area contributed by atoms with Crippen LogP contribution in [0.1, 0.15) is 47.0 Å². The van der Waals surface area contributed by atoms with E-state index in [0.717, 1.165) is 12.8 Å². The fourth-order valence-electron chi connectivity index (χ4n) is 2.17. The molecule has 0 radical (unpaired) electrons. The predicted octanol–water partition coefficient (Wildman–Crippen LogP) is 4.66. The average Bonchev–Trinajstić information content (AvgIpc) is 2.48. The Bertz CT molecular complexity index is 493. The molecule has 22 heavy (non-hydrogen) atoms. The van der Waals surface area contributed by atoms with Crippen LogP contribution in [-0.4, -0.2) is 24.7 Å². The summed E-state index contributed by atoms with van der Waals surface area (Å²) >= 11 is 6.14. The van der Waals surface area contributed by atoms with E-state index >= 15 is 0 Å². The third-order valence-electron chi connectivity index (χ3n) is 3.32. The van der Waals surface area contributed by atoms with Gasteiger partial charge >= 0.3 is 0 Å². The molecule has 0 heterocycles. The first-order valence-corrected chi connectivity index (χ1v) is 8.22. The van der Waals surface area contributed by atoms with Crippen LogP contribution in [0, 0.1) is 0 Å². The van der Waals surface area contributed by atoms with Crippen LogP contribution < -0.4 is 10.1 Å². The van der Waals surface area contributed by atoms with Crippen molar-refractivity contribution in [1.82, 2.24) is 0 Å². The number of nitrogens with one attached hydrogen (secondary N) is 1. The first-order chi connectivity index (χ1) is 10.5. The lowest BCUT2D eigenvalue weighted by molar-refractivity contribution is -0.140. The average molecular weight is 328 g/mol. The van der Waals surface area contributed by atoms with Crippen LogP contribution in [0.5, 0.6) is 5.75 Å². The number of hydrogen-bond acceptors (Lipinski definition) is 3. The number of rotatable bonds is 9. The Balaban J connectivity index is 2.82. The maximum atomic E-state index is 12.5. The van der Waals surface area contributed by atoms with Crippen molar-refractivity contribution in [3.8, 4) is 5.75 Å². The summed E-state index contributed by atoms with van der Waals surface area (Å²) in [4.78, 5) is 12.5. The van der Waals surface area contributed by atoms with E-state index in [0.29, 0.717) is 36.1 Å². The molecule has 0 unspecified atom stereocenters. The van der Waals surface area contributed by atoms with Crippen molar-refractivity contribution < 1.29 is 14.3 Å². The van der Waals surface area contributed by atoms with Gasteiger partial charge in [-0.2, -0.15) is 0 Å². The van der Waals surface area contributed by atoms with E-state index in [9.17, 15) is 4.79 Å². The van der Waals surface area contributed by atoms with Gasteiger partial charge in [0.05, 0.1) is 11.6 Å². The zero-order chi connectivity index (χ0) is 16.6. The Hall–Kier alpha value is -1.26. The SMILES string of the molecule is CCCO[C@](C)(CCC)C(=O)Nc1ccc(OCC)c(Cl)c1. The molecule has 0 fully saturated rings. The van der Waals surface area contributed by atoms with Crippen molar-refractivity contribution in [2.24, 2.45) is 0 Å². The van der Waals surface area contributed by atoms with Gasteiger partial charge < -0.3 is 14.8 Å². The van der Waals surface area contributed by atoms with Gasteiger partial charge in [0.1, 0.15) is 11.4 Å². The number of ether oxygens (including phenoxy) is 2. The summed E-state index contributed by atoms with van der Waals surface area (Å²) in [6, 6.07) is 5.23. The second-order valence-corrected chi connectivity index (χ2v) is 5.77. The van der Waals surface area contributed by atoms with E-state index < -0.39 is 5.60 Å². The molecular formula is C17H26ClNO3. The molecular weight excluding hydrogens is 302 g/mol. The fourth-order valence-corrected chi connectivity index (χ4v) is 2.41. The largest absolute Gasteiger partial charge is 0.492 e. The quantitative estimate of drug-likeness (QED) is 0.717. The molecule has 0 aliphatic rings. The fraction of sp³-hybridized carbons (Fsp3) is 0.588. The normalized spacial score (nSPS) is 13.5. The Kier molecular flexibility index (Phi) is 7.69. The Labute approximate surface area is 138 Å². The number of benzene rings is 1. The zero-order valence-corrected chi connectivity index (χ0v) is 14.6. The third-order valence-corrected chi connectivity index (χ3v) is 3.62. The summed E-state index contributed by atoms with van der Waals surface area (Å²) in [6.07, 6.45) is 2.42. The molecule has 0 bridgehead atoms. The van der Waals surface area contributed by atoms with Crippen molar-refractivity contribution in [1.29, 1.82) is 0 Å². The van der Waals surface area contributed by atoms with Crippen LogP contribution in [0.15, 0.2) is 18.2 Å². The van der Waals surface area contributed by atoms with E-state index in [1.807, 2.05) is 27.7 Å². The Morgan fingerprint density at radius 3 is 2.55 bits per heavy atom. The highest BCUT2D eigenvalue weighted by atomic mass is 35.5. The van der Waals surface area contributed by atoms with Gasteiger partial charge in [0.15, 0.2) is 0 Å².